The topological polar surface area (TPSA) is 18.5 Å². The SMILES string of the molecule is CCCCOC1=CCC(OC)=CC1. The lowest BCUT2D eigenvalue weighted by atomic mass is 10.1. The first-order valence-corrected chi connectivity index (χ1v) is 4.91. The molecule has 0 aromatic carbocycles. The fourth-order valence-corrected chi connectivity index (χ4v) is 1.23. The normalized spacial score (nSPS) is 16.2. The maximum Gasteiger partial charge on any atom is 0.0963 e. The molecule has 0 fully saturated rings. The van der Waals surface area contributed by atoms with Gasteiger partial charge < -0.3 is 9.47 Å². The predicted molar refractivity (Wildman–Crippen MR) is 53.3 cm³/mol. The second-order valence-electron chi connectivity index (χ2n) is 3.16. The molecule has 1 aliphatic rings. The van der Waals surface area contributed by atoms with Crippen molar-refractivity contribution in [2.24, 2.45) is 0 Å². The van der Waals surface area contributed by atoms with Gasteiger partial charge in [-0.15, -0.1) is 0 Å². The molecule has 2 heteroatoms. The van der Waals surface area contributed by atoms with Crippen molar-refractivity contribution >= 4 is 0 Å². The Labute approximate surface area is 80.2 Å². The van der Waals surface area contributed by atoms with Gasteiger partial charge in [-0.2, -0.15) is 0 Å². The molecule has 13 heavy (non-hydrogen) atoms. The summed E-state index contributed by atoms with van der Waals surface area (Å²) in [7, 11) is 1.71. The summed E-state index contributed by atoms with van der Waals surface area (Å²) < 4.78 is 10.7. The molecule has 0 atom stereocenters. The zero-order valence-electron chi connectivity index (χ0n) is 8.51. The summed E-state index contributed by atoms with van der Waals surface area (Å²) in [4.78, 5) is 0. The van der Waals surface area contributed by atoms with Crippen molar-refractivity contribution < 1.29 is 9.47 Å². The Morgan fingerprint density at radius 2 is 1.92 bits per heavy atom. The molecule has 0 aromatic rings. The highest BCUT2D eigenvalue weighted by Gasteiger charge is 2.05. The molecule has 0 saturated heterocycles. The fraction of sp³-hybridized carbons (Fsp3) is 0.636. The smallest absolute Gasteiger partial charge is 0.0963 e. The van der Waals surface area contributed by atoms with Crippen molar-refractivity contribution in [3.05, 3.63) is 23.7 Å². The van der Waals surface area contributed by atoms with Gasteiger partial charge in [0.2, 0.25) is 0 Å². The average molecular weight is 182 g/mol. The highest BCUT2D eigenvalue weighted by molar-refractivity contribution is 5.14. The lowest BCUT2D eigenvalue weighted by molar-refractivity contribution is 0.196. The van der Waals surface area contributed by atoms with E-state index < -0.39 is 0 Å². The third-order valence-corrected chi connectivity index (χ3v) is 2.11. The van der Waals surface area contributed by atoms with Gasteiger partial charge in [0, 0.05) is 12.8 Å². The number of unbranched alkanes of at least 4 members (excludes halogenated alkanes) is 1. The van der Waals surface area contributed by atoms with Crippen molar-refractivity contribution in [1.29, 1.82) is 0 Å². The minimum atomic E-state index is 0.846. The molecule has 0 radical (unpaired) electrons. The van der Waals surface area contributed by atoms with E-state index >= 15 is 0 Å². The van der Waals surface area contributed by atoms with Crippen LogP contribution >= 0.6 is 0 Å². The molecular weight excluding hydrogens is 164 g/mol. The van der Waals surface area contributed by atoms with E-state index in [1.165, 1.54) is 6.42 Å². The molecular formula is C11H18O2. The van der Waals surface area contributed by atoms with Crippen molar-refractivity contribution in [1.82, 2.24) is 0 Å². The summed E-state index contributed by atoms with van der Waals surface area (Å²) in [6.07, 6.45) is 8.27. The molecule has 0 saturated carbocycles. The van der Waals surface area contributed by atoms with Crippen molar-refractivity contribution in [3.8, 4) is 0 Å². The van der Waals surface area contributed by atoms with Crippen LogP contribution in [0.5, 0.6) is 0 Å². The van der Waals surface area contributed by atoms with Crippen molar-refractivity contribution in [2.75, 3.05) is 13.7 Å². The molecule has 0 aliphatic heterocycles. The predicted octanol–water partition coefficient (Wildman–Crippen LogP) is 3.01. The summed E-state index contributed by atoms with van der Waals surface area (Å²) in [6, 6.07) is 0. The number of rotatable bonds is 5. The van der Waals surface area contributed by atoms with Gasteiger partial charge in [-0.1, -0.05) is 13.3 Å². The molecule has 2 nitrogen and oxygen atoms in total. The van der Waals surface area contributed by atoms with Crippen LogP contribution in [0.25, 0.3) is 0 Å². The Hall–Kier alpha value is -0.920. The van der Waals surface area contributed by atoms with Crippen LogP contribution in [-0.4, -0.2) is 13.7 Å². The lowest BCUT2D eigenvalue weighted by Gasteiger charge is -2.13. The van der Waals surface area contributed by atoms with Crippen LogP contribution < -0.4 is 0 Å². The first-order chi connectivity index (χ1) is 6.36. The second-order valence-corrected chi connectivity index (χ2v) is 3.16. The summed E-state index contributed by atoms with van der Waals surface area (Å²) in [5.74, 6) is 2.14. The van der Waals surface area contributed by atoms with Gasteiger partial charge >= 0.3 is 0 Å². The first kappa shape index (κ1) is 10.2. The summed E-state index contributed by atoms with van der Waals surface area (Å²) in [5, 5.41) is 0. The molecule has 0 N–H and O–H groups in total. The van der Waals surface area contributed by atoms with Gasteiger partial charge in [0.05, 0.1) is 25.2 Å². The van der Waals surface area contributed by atoms with Crippen LogP contribution in [0.2, 0.25) is 0 Å². The monoisotopic (exact) mass is 182 g/mol. The number of hydrogen-bond donors (Lipinski definition) is 0. The third kappa shape index (κ3) is 3.53. The third-order valence-electron chi connectivity index (χ3n) is 2.11. The maximum atomic E-state index is 5.58. The zero-order chi connectivity index (χ0) is 9.52. The molecule has 1 rings (SSSR count). The van der Waals surface area contributed by atoms with Crippen LogP contribution in [-0.2, 0) is 9.47 Å². The molecule has 0 unspecified atom stereocenters. The molecule has 0 spiro atoms. The van der Waals surface area contributed by atoms with E-state index in [2.05, 4.69) is 19.1 Å². The number of allylic oxidation sites excluding steroid dienone is 2. The number of ether oxygens (including phenoxy) is 2. The van der Waals surface area contributed by atoms with E-state index in [1.807, 2.05) is 0 Å². The van der Waals surface area contributed by atoms with Gasteiger partial charge in [0.25, 0.3) is 0 Å². The largest absolute Gasteiger partial charge is 0.501 e. The number of hydrogen-bond acceptors (Lipinski definition) is 2. The highest BCUT2D eigenvalue weighted by atomic mass is 16.5. The van der Waals surface area contributed by atoms with Gasteiger partial charge in [0.1, 0.15) is 0 Å². The molecule has 0 aromatic heterocycles. The van der Waals surface area contributed by atoms with Crippen molar-refractivity contribution in [3.63, 3.8) is 0 Å². The van der Waals surface area contributed by atoms with Gasteiger partial charge in [-0.05, 0) is 18.6 Å². The average Bonchev–Trinajstić information content (AvgIpc) is 2.19. The molecule has 0 amide bonds. The van der Waals surface area contributed by atoms with Gasteiger partial charge in [-0.3, -0.25) is 0 Å². The Balaban J connectivity index is 2.20. The van der Waals surface area contributed by atoms with E-state index in [0.717, 1.165) is 37.4 Å². The first-order valence-electron chi connectivity index (χ1n) is 4.91. The van der Waals surface area contributed by atoms with Crippen LogP contribution in [0.3, 0.4) is 0 Å². The van der Waals surface area contributed by atoms with Crippen molar-refractivity contribution in [2.45, 2.75) is 32.6 Å². The second kappa shape index (κ2) is 5.68. The van der Waals surface area contributed by atoms with Crippen LogP contribution in [0.15, 0.2) is 23.7 Å². The Kier molecular flexibility index (Phi) is 4.44. The molecule has 0 bridgehead atoms. The van der Waals surface area contributed by atoms with E-state index in [4.69, 9.17) is 9.47 Å². The zero-order valence-corrected chi connectivity index (χ0v) is 8.51. The molecule has 0 heterocycles. The molecule has 1 aliphatic carbocycles. The standard InChI is InChI=1S/C11H18O2/c1-3-4-9-13-11-7-5-10(12-2)6-8-11/h5,8H,3-4,6-7,9H2,1-2H3. The minimum absolute atomic E-state index is 0.846. The number of methoxy groups -OCH3 is 1. The summed E-state index contributed by atoms with van der Waals surface area (Å²) in [6.45, 7) is 3.01. The highest BCUT2D eigenvalue weighted by Crippen LogP contribution is 2.18. The lowest BCUT2D eigenvalue weighted by Crippen LogP contribution is -1.99. The van der Waals surface area contributed by atoms with E-state index in [0.29, 0.717) is 0 Å². The Morgan fingerprint density at radius 1 is 1.23 bits per heavy atom. The molecule has 74 valence electrons. The maximum absolute atomic E-state index is 5.58. The summed E-state index contributed by atoms with van der Waals surface area (Å²) in [5.41, 5.74) is 0. The quantitative estimate of drug-likeness (QED) is 0.608. The van der Waals surface area contributed by atoms with Gasteiger partial charge in [0.15, 0.2) is 0 Å². The minimum Gasteiger partial charge on any atom is -0.501 e. The van der Waals surface area contributed by atoms with Crippen LogP contribution in [0.1, 0.15) is 32.6 Å². The van der Waals surface area contributed by atoms with E-state index in [9.17, 15) is 0 Å². The Morgan fingerprint density at radius 3 is 2.46 bits per heavy atom. The summed E-state index contributed by atoms with van der Waals surface area (Å²) >= 11 is 0. The van der Waals surface area contributed by atoms with Crippen LogP contribution in [0, 0.1) is 0 Å². The van der Waals surface area contributed by atoms with E-state index in [1.54, 1.807) is 7.11 Å². The van der Waals surface area contributed by atoms with Gasteiger partial charge in [-0.25, -0.2) is 0 Å². The van der Waals surface area contributed by atoms with Crippen LogP contribution in [0.4, 0.5) is 0 Å². The fourth-order valence-electron chi connectivity index (χ4n) is 1.23. The van der Waals surface area contributed by atoms with E-state index in [-0.39, 0.29) is 0 Å². The Bertz CT molecular complexity index is 204.